The number of rotatable bonds is 7. The van der Waals surface area contributed by atoms with Crippen LogP contribution in [-0.2, 0) is 11.2 Å². The molecule has 0 radical (unpaired) electrons. The number of hydrogen-bond donors (Lipinski definition) is 2. The Kier molecular flexibility index (Phi) is 11.3. The van der Waals surface area contributed by atoms with Gasteiger partial charge in [0.1, 0.15) is 5.75 Å². The molecule has 3 aromatic carbocycles. The number of ether oxygens (including phenoxy) is 1. The smallest absolute Gasteiger partial charge is 0.229 e. The number of nitrogens with one attached hydrogen (secondary N) is 1. The molecule has 3 aromatic rings. The van der Waals surface area contributed by atoms with Gasteiger partial charge in [-0.05, 0) is 115 Å². The van der Waals surface area contributed by atoms with Crippen LogP contribution in [0.15, 0.2) is 71.6 Å². The Morgan fingerprint density at radius 3 is 2.29 bits per heavy atom. The van der Waals surface area contributed by atoms with Crippen molar-refractivity contribution in [3.05, 3.63) is 89.0 Å². The SMILES string of the molecule is CC(C)(C)C(=O)Nc1ccc2c(c1)CCCC(c1ccccc1S)=C2c1ccc(OC2CCCC2)cc1.CCCCF. The van der Waals surface area contributed by atoms with E-state index >= 15 is 0 Å². The van der Waals surface area contributed by atoms with Gasteiger partial charge in [0.15, 0.2) is 0 Å². The molecule has 1 amide bonds. The Morgan fingerprint density at radius 2 is 1.67 bits per heavy atom. The van der Waals surface area contributed by atoms with E-state index in [0.29, 0.717) is 6.10 Å². The maximum atomic E-state index is 12.6. The Hall–Kier alpha value is -3.05. The first kappa shape index (κ1) is 31.9. The number of thiol groups is 1. The molecule has 0 aromatic heterocycles. The molecule has 5 rings (SSSR count). The molecule has 0 spiro atoms. The van der Waals surface area contributed by atoms with Crippen LogP contribution >= 0.6 is 12.6 Å². The summed E-state index contributed by atoms with van der Waals surface area (Å²) in [6.07, 6.45) is 9.81. The summed E-state index contributed by atoms with van der Waals surface area (Å²) < 4.78 is 17.2. The van der Waals surface area contributed by atoms with Crippen molar-refractivity contribution in [3.8, 4) is 5.75 Å². The summed E-state index contributed by atoms with van der Waals surface area (Å²) in [6, 6.07) is 23.4. The van der Waals surface area contributed by atoms with Crippen LogP contribution in [0.25, 0.3) is 11.1 Å². The number of benzene rings is 3. The minimum Gasteiger partial charge on any atom is -0.490 e. The molecule has 1 saturated carbocycles. The van der Waals surface area contributed by atoms with Crippen molar-refractivity contribution in [2.45, 2.75) is 96.5 Å². The summed E-state index contributed by atoms with van der Waals surface area (Å²) in [6.45, 7) is 7.63. The maximum Gasteiger partial charge on any atom is 0.229 e. The van der Waals surface area contributed by atoms with Gasteiger partial charge in [0.2, 0.25) is 5.91 Å². The summed E-state index contributed by atoms with van der Waals surface area (Å²) in [5.74, 6) is 0.973. The number of carbonyl (C=O) groups excluding carboxylic acids is 1. The van der Waals surface area contributed by atoms with Crippen molar-refractivity contribution in [1.29, 1.82) is 0 Å². The Morgan fingerprint density at radius 1 is 0.952 bits per heavy atom. The van der Waals surface area contributed by atoms with E-state index in [-0.39, 0.29) is 12.6 Å². The van der Waals surface area contributed by atoms with Crippen LogP contribution in [-0.4, -0.2) is 18.7 Å². The molecule has 42 heavy (non-hydrogen) atoms. The van der Waals surface area contributed by atoms with Crippen LogP contribution in [0.5, 0.6) is 5.75 Å². The van der Waals surface area contributed by atoms with Gasteiger partial charge in [-0.2, -0.15) is 0 Å². The van der Waals surface area contributed by atoms with Gasteiger partial charge in [-0.3, -0.25) is 9.18 Å². The lowest BCUT2D eigenvalue weighted by Crippen LogP contribution is -2.27. The zero-order valence-electron chi connectivity index (χ0n) is 25.6. The van der Waals surface area contributed by atoms with Crippen molar-refractivity contribution in [3.63, 3.8) is 0 Å². The second kappa shape index (κ2) is 14.9. The van der Waals surface area contributed by atoms with E-state index in [1.807, 2.05) is 39.8 Å². The first-order valence-corrected chi connectivity index (χ1v) is 15.9. The molecule has 3 nitrogen and oxygen atoms in total. The molecule has 0 heterocycles. The molecule has 1 fully saturated rings. The Labute approximate surface area is 257 Å². The summed E-state index contributed by atoms with van der Waals surface area (Å²) in [5, 5.41) is 3.12. The van der Waals surface area contributed by atoms with Crippen LogP contribution in [0, 0.1) is 5.41 Å². The number of anilines is 1. The predicted molar refractivity (Wildman–Crippen MR) is 177 cm³/mol. The van der Waals surface area contributed by atoms with Crippen LogP contribution in [0.4, 0.5) is 10.1 Å². The van der Waals surface area contributed by atoms with Gasteiger partial charge in [0, 0.05) is 16.0 Å². The minimum absolute atomic E-state index is 0.0272. The fourth-order valence-corrected chi connectivity index (χ4v) is 5.84. The zero-order chi connectivity index (χ0) is 30.1. The molecular weight excluding hydrogens is 541 g/mol. The highest BCUT2D eigenvalue weighted by molar-refractivity contribution is 7.80. The number of alkyl halides is 1. The lowest BCUT2D eigenvalue weighted by molar-refractivity contribution is -0.123. The summed E-state index contributed by atoms with van der Waals surface area (Å²) in [5.41, 5.74) is 7.84. The van der Waals surface area contributed by atoms with Crippen molar-refractivity contribution in [2.75, 3.05) is 12.0 Å². The lowest BCUT2D eigenvalue weighted by atomic mass is 9.87. The number of hydrogen-bond acceptors (Lipinski definition) is 3. The van der Waals surface area contributed by atoms with Gasteiger partial charge < -0.3 is 10.1 Å². The van der Waals surface area contributed by atoms with Crippen molar-refractivity contribution in [2.24, 2.45) is 5.41 Å². The summed E-state index contributed by atoms with van der Waals surface area (Å²) >= 11 is 4.83. The van der Waals surface area contributed by atoms with E-state index in [0.717, 1.165) is 61.3 Å². The lowest BCUT2D eigenvalue weighted by Gasteiger charge is -2.20. The van der Waals surface area contributed by atoms with Crippen LogP contribution < -0.4 is 10.1 Å². The van der Waals surface area contributed by atoms with Crippen molar-refractivity contribution >= 4 is 35.4 Å². The second-order valence-corrected chi connectivity index (χ2v) is 12.9. The fourth-order valence-electron chi connectivity index (χ4n) is 5.54. The highest BCUT2D eigenvalue weighted by Crippen LogP contribution is 2.42. The fraction of sp³-hybridized carbons (Fsp3) is 0.432. The molecule has 2 aliphatic rings. The number of allylic oxidation sites excluding steroid dienone is 1. The van der Waals surface area contributed by atoms with Crippen LogP contribution in [0.3, 0.4) is 0 Å². The van der Waals surface area contributed by atoms with Crippen molar-refractivity contribution < 1.29 is 13.9 Å². The molecule has 0 saturated heterocycles. The number of halogens is 1. The molecule has 224 valence electrons. The second-order valence-electron chi connectivity index (χ2n) is 12.4. The van der Waals surface area contributed by atoms with Crippen LogP contribution in [0.2, 0.25) is 0 Å². The van der Waals surface area contributed by atoms with E-state index < -0.39 is 5.41 Å². The largest absolute Gasteiger partial charge is 0.490 e. The van der Waals surface area contributed by atoms with Gasteiger partial charge in [-0.25, -0.2) is 0 Å². The van der Waals surface area contributed by atoms with Crippen LogP contribution in [0.1, 0.15) is 101 Å². The Balaban J connectivity index is 0.000000748. The van der Waals surface area contributed by atoms with Gasteiger partial charge >= 0.3 is 0 Å². The minimum atomic E-state index is -0.441. The third-order valence-corrected chi connectivity index (χ3v) is 8.34. The quantitative estimate of drug-likeness (QED) is 0.270. The van der Waals surface area contributed by atoms with Gasteiger partial charge in [-0.15, -0.1) is 12.6 Å². The number of carbonyl (C=O) groups is 1. The van der Waals surface area contributed by atoms with E-state index in [4.69, 9.17) is 17.4 Å². The maximum absolute atomic E-state index is 12.6. The molecular formula is C37H46FNO2S. The molecule has 2 aliphatic carbocycles. The third kappa shape index (κ3) is 8.28. The van der Waals surface area contributed by atoms with Crippen molar-refractivity contribution in [1.82, 2.24) is 0 Å². The first-order valence-electron chi connectivity index (χ1n) is 15.5. The topological polar surface area (TPSA) is 38.3 Å². The molecule has 5 heteroatoms. The molecule has 0 aliphatic heterocycles. The molecule has 0 atom stereocenters. The molecule has 0 bridgehead atoms. The number of unbranched alkanes of at least 4 members (excludes halogenated alkanes) is 1. The van der Waals surface area contributed by atoms with Gasteiger partial charge in [0.25, 0.3) is 0 Å². The number of amides is 1. The number of fused-ring (bicyclic) bond motifs is 1. The highest BCUT2D eigenvalue weighted by atomic mass is 32.1. The first-order chi connectivity index (χ1) is 20.2. The Bertz CT molecular complexity index is 1370. The number of aryl methyl sites for hydroxylation is 1. The van der Waals surface area contributed by atoms with E-state index in [1.165, 1.54) is 46.2 Å². The van der Waals surface area contributed by atoms with E-state index in [1.54, 1.807) is 0 Å². The summed E-state index contributed by atoms with van der Waals surface area (Å²) in [4.78, 5) is 13.6. The van der Waals surface area contributed by atoms with E-state index in [9.17, 15) is 9.18 Å². The highest BCUT2D eigenvalue weighted by Gasteiger charge is 2.24. The zero-order valence-corrected chi connectivity index (χ0v) is 26.5. The predicted octanol–water partition coefficient (Wildman–Crippen LogP) is 10.3. The average molecular weight is 588 g/mol. The molecule has 1 N–H and O–H groups in total. The third-order valence-electron chi connectivity index (χ3n) is 7.95. The van der Waals surface area contributed by atoms with Gasteiger partial charge in [0.05, 0.1) is 12.8 Å². The molecule has 0 unspecified atom stereocenters. The summed E-state index contributed by atoms with van der Waals surface area (Å²) in [7, 11) is 0. The standard InChI is InChI=1S/C33H37NO2S.C4H9F/c1-33(2,3)32(35)34-24-17-20-27-23(21-24)9-8-13-29(28-12-6-7-14-30(28)37)31(27)22-15-18-26(19-16-22)36-25-10-4-5-11-25;1-2-3-4-5/h6-7,12,14-21,25,37H,4-5,8-11,13H2,1-3H3,(H,34,35);2-4H2,1H3. The van der Waals surface area contributed by atoms with E-state index in [2.05, 4.69) is 59.9 Å². The van der Waals surface area contributed by atoms with Gasteiger partial charge in [-0.1, -0.05) is 70.5 Å². The monoisotopic (exact) mass is 587 g/mol. The average Bonchev–Trinajstić information content (AvgIpc) is 3.40. The normalized spacial score (nSPS) is 15.4.